The summed E-state index contributed by atoms with van der Waals surface area (Å²) in [6, 6.07) is -0.0166. The van der Waals surface area contributed by atoms with Crippen LogP contribution in [-0.4, -0.2) is 25.6 Å². The molecule has 1 unspecified atom stereocenters. The number of rotatable bonds is 3. The van der Waals surface area contributed by atoms with Crippen molar-refractivity contribution in [3.63, 3.8) is 0 Å². The highest BCUT2D eigenvalue weighted by Gasteiger charge is 2.49. The van der Waals surface area contributed by atoms with Crippen molar-refractivity contribution in [1.82, 2.24) is 5.32 Å². The molecule has 0 saturated heterocycles. The highest BCUT2D eigenvalue weighted by Crippen LogP contribution is 2.45. The van der Waals surface area contributed by atoms with Gasteiger partial charge in [-0.1, -0.05) is 0 Å². The summed E-state index contributed by atoms with van der Waals surface area (Å²) in [4.78, 5) is 0. The molecule has 1 fully saturated rings. The summed E-state index contributed by atoms with van der Waals surface area (Å²) in [5, 5.41) is 3.06. The van der Waals surface area contributed by atoms with Crippen LogP contribution in [0.1, 0.15) is 19.3 Å². The second-order valence-corrected chi connectivity index (χ2v) is 4.03. The van der Waals surface area contributed by atoms with E-state index in [-0.39, 0.29) is 24.8 Å². The van der Waals surface area contributed by atoms with Crippen LogP contribution in [-0.2, 0) is 4.74 Å². The van der Waals surface area contributed by atoms with E-state index in [0.717, 1.165) is 12.2 Å². The summed E-state index contributed by atoms with van der Waals surface area (Å²) < 4.78 is 30.8. The lowest BCUT2D eigenvalue weighted by molar-refractivity contribution is -0.118. The summed E-state index contributed by atoms with van der Waals surface area (Å²) in [5.41, 5.74) is 0. The number of ether oxygens (including phenoxy) is 1. The minimum Gasteiger partial charge on any atom is -0.496 e. The summed E-state index contributed by atoms with van der Waals surface area (Å²) in [7, 11) is 1.80. The first-order chi connectivity index (χ1) is 6.62. The molecular weight excluding hydrogens is 188 g/mol. The van der Waals surface area contributed by atoms with E-state index in [9.17, 15) is 8.78 Å². The van der Waals surface area contributed by atoms with E-state index in [4.69, 9.17) is 4.74 Å². The zero-order valence-corrected chi connectivity index (χ0v) is 8.22. The van der Waals surface area contributed by atoms with Crippen molar-refractivity contribution in [2.24, 2.45) is 5.92 Å². The number of nitrogens with one attached hydrogen (secondary N) is 1. The van der Waals surface area contributed by atoms with Gasteiger partial charge in [0.1, 0.15) is 5.76 Å². The van der Waals surface area contributed by atoms with Crippen LogP contribution in [0.2, 0.25) is 0 Å². The average Bonchev–Trinajstić information content (AvgIpc) is 2.55. The maximum Gasteiger partial charge on any atom is 0.248 e. The fourth-order valence-electron chi connectivity index (χ4n) is 2.21. The first-order valence-electron chi connectivity index (χ1n) is 5.00. The zero-order valence-electron chi connectivity index (χ0n) is 8.22. The van der Waals surface area contributed by atoms with Gasteiger partial charge in [-0.05, 0) is 19.0 Å². The molecule has 2 rings (SSSR count). The van der Waals surface area contributed by atoms with E-state index in [1.807, 2.05) is 6.08 Å². The Bertz CT molecular complexity index is 245. The van der Waals surface area contributed by atoms with Gasteiger partial charge in [0.2, 0.25) is 5.92 Å². The van der Waals surface area contributed by atoms with Crippen LogP contribution in [0.4, 0.5) is 8.78 Å². The first kappa shape index (κ1) is 9.90. The molecule has 0 aromatic carbocycles. The Morgan fingerprint density at radius 3 is 2.71 bits per heavy atom. The van der Waals surface area contributed by atoms with Crippen molar-refractivity contribution in [2.75, 3.05) is 13.7 Å². The quantitative estimate of drug-likeness (QED) is 0.756. The molecular formula is C10H15F2NO. The molecule has 1 heterocycles. The molecule has 14 heavy (non-hydrogen) atoms. The van der Waals surface area contributed by atoms with Crippen LogP contribution in [0.15, 0.2) is 11.8 Å². The second-order valence-electron chi connectivity index (χ2n) is 4.03. The van der Waals surface area contributed by atoms with E-state index >= 15 is 0 Å². The fraction of sp³-hybridized carbons (Fsp3) is 0.800. The first-order valence-corrected chi connectivity index (χ1v) is 5.00. The van der Waals surface area contributed by atoms with Crippen LogP contribution in [0.25, 0.3) is 0 Å². The van der Waals surface area contributed by atoms with E-state index in [0.29, 0.717) is 6.61 Å². The third-order valence-electron chi connectivity index (χ3n) is 2.94. The molecule has 0 aromatic rings. The number of hydrogen-bond acceptors (Lipinski definition) is 2. The monoisotopic (exact) mass is 203 g/mol. The number of likely N-dealkylation sites (N-methyl/N-ethyl adjacent to an activating group) is 1. The standard InChI is InChI=1S/C10H15F2NO/c1-13-9(8-3-2-4-14-8)7-5-10(11,12)6-7/h3,7,9,13H,2,4-6H2,1H3. The van der Waals surface area contributed by atoms with E-state index in [1.165, 1.54) is 0 Å². The Kier molecular flexibility index (Phi) is 2.47. The number of halogens is 2. The predicted octanol–water partition coefficient (Wildman–Crippen LogP) is 1.92. The lowest BCUT2D eigenvalue weighted by atomic mass is 9.76. The molecule has 4 heteroatoms. The molecule has 1 saturated carbocycles. The summed E-state index contributed by atoms with van der Waals surface area (Å²) in [6.07, 6.45) is 2.87. The van der Waals surface area contributed by atoms with Crippen molar-refractivity contribution in [3.05, 3.63) is 11.8 Å². The minimum absolute atomic E-state index is 0.0147. The molecule has 2 nitrogen and oxygen atoms in total. The van der Waals surface area contributed by atoms with E-state index in [1.54, 1.807) is 7.05 Å². The van der Waals surface area contributed by atoms with Gasteiger partial charge in [-0.15, -0.1) is 0 Å². The van der Waals surface area contributed by atoms with E-state index < -0.39 is 5.92 Å². The topological polar surface area (TPSA) is 21.3 Å². The lowest BCUT2D eigenvalue weighted by Crippen LogP contribution is -2.47. The van der Waals surface area contributed by atoms with Gasteiger partial charge in [0.15, 0.2) is 0 Å². The number of alkyl halides is 2. The SMILES string of the molecule is CNC(C1=CCCO1)C1CC(F)(F)C1. The molecule has 0 aromatic heterocycles. The average molecular weight is 203 g/mol. The van der Waals surface area contributed by atoms with Crippen LogP contribution < -0.4 is 5.32 Å². The summed E-state index contributed by atoms with van der Waals surface area (Å²) >= 11 is 0. The molecule has 1 aliphatic heterocycles. The Labute approximate surface area is 82.3 Å². The molecule has 80 valence electrons. The molecule has 2 aliphatic rings. The third-order valence-corrected chi connectivity index (χ3v) is 2.94. The van der Waals surface area contributed by atoms with Crippen molar-refractivity contribution >= 4 is 0 Å². The van der Waals surface area contributed by atoms with Gasteiger partial charge in [-0.3, -0.25) is 0 Å². The molecule has 0 bridgehead atoms. The van der Waals surface area contributed by atoms with Gasteiger partial charge < -0.3 is 10.1 Å². The molecule has 0 spiro atoms. The second kappa shape index (κ2) is 3.50. The highest BCUT2D eigenvalue weighted by molar-refractivity contribution is 5.12. The van der Waals surface area contributed by atoms with Gasteiger partial charge in [0, 0.05) is 19.3 Å². The smallest absolute Gasteiger partial charge is 0.248 e. The molecule has 1 aliphatic carbocycles. The van der Waals surface area contributed by atoms with Crippen molar-refractivity contribution in [1.29, 1.82) is 0 Å². The van der Waals surface area contributed by atoms with Gasteiger partial charge >= 0.3 is 0 Å². The van der Waals surface area contributed by atoms with Gasteiger partial charge in [-0.25, -0.2) is 8.78 Å². The Morgan fingerprint density at radius 1 is 1.57 bits per heavy atom. The van der Waals surface area contributed by atoms with Crippen molar-refractivity contribution in [3.8, 4) is 0 Å². The van der Waals surface area contributed by atoms with Crippen LogP contribution >= 0.6 is 0 Å². The Balaban J connectivity index is 1.94. The third kappa shape index (κ3) is 1.75. The Hall–Kier alpha value is -0.640. The molecule has 0 amide bonds. The van der Waals surface area contributed by atoms with Crippen LogP contribution in [0.3, 0.4) is 0 Å². The zero-order chi connectivity index (χ0) is 10.2. The maximum atomic E-state index is 12.7. The summed E-state index contributed by atoms with van der Waals surface area (Å²) in [5.74, 6) is -1.56. The normalized spacial score (nSPS) is 27.8. The van der Waals surface area contributed by atoms with Crippen molar-refractivity contribution < 1.29 is 13.5 Å². The van der Waals surface area contributed by atoms with Crippen LogP contribution in [0, 0.1) is 5.92 Å². The molecule has 1 N–H and O–H groups in total. The predicted molar refractivity (Wildman–Crippen MR) is 49.2 cm³/mol. The minimum atomic E-state index is -2.45. The van der Waals surface area contributed by atoms with Gasteiger partial charge in [0.25, 0.3) is 0 Å². The maximum absolute atomic E-state index is 12.7. The number of hydrogen-bond donors (Lipinski definition) is 1. The largest absolute Gasteiger partial charge is 0.496 e. The Morgan fingerprint density at radius 2 is 2.29 bits per heavy atom. The summed E-state index contributed by atoms with van der Waals surface area (Å²) in [6.45, 7) is 0.691. The van der Waals surface area contributed by atoms with Gasteiger partial charge in [0.05, 0.1) is 12.6 Å². The van der Waals surface area contributed by atoms with E-state index in [2.05, 4.69) is 5.32 Å². The fourth-order valence-corrected chi connectivity index (χ4v) is 2.21. The molecule has 1 atom stereocenters. The van der Waals surface area contributed by atoms with Gasteiger partial charge in [-0.2, -0.15) is 0 Å². The molecule has 0 radical (unpaired) electrons. The van der Waals surface area contributed by atoms with Crippen LogP contribution in [0.5, 0.6) is 0 Å². The van der Waals surface area contributed by atoms with Crippen molar-refractivity contribution in [2.45, 2.75) is 31.2 Å². The lowest BCUT2D eigenvalue weighted by Gasteiger charge is -2.40. The highest BCUT2D eigenvalue weighted by atomic mass is 19.3.